The molecule has 0 fully saturated rings. The summed E-state index contributed by atoms with van der Waals surface area (Å²) in [4.78, 5) is 2.34. The molecule has 73 heavy (non-hydrogen) atoms. The van der Waals surface area contributed by atoms with Crippen LogP contribution in [-0.4, -0.2) is 159 Å². The fraction of sp³-hybridized carbons (Fsp3) is 1.00. The van der Waals surface area contributed by atoms with Crippen LogP contribution in [0.4, 0.5) is 0 Å². The Morgan fingerprint density at radius 3 is 0.589 bits per heavy atom. The van der Waals surface area contributed by atoms with Gasteiger partial charge in [0.05, 0.1) is 79.3 Å². The van der Waals surface area contributed by atoms with Crippen LogP contribution in [-0.2, 0) is 81.7 Å². The molecule has 0 aromatic rings. The summed E-state index contributed by atoms with van der Waals surface area (Å²) >= 11 is 0. The Labute approximate surface area is 441 Å². The van der Waals surface area contributed by atoms with Crippen molar-refractivity contribution < 1.29 is 81.7 Å². The molecule has 0 saturated carbocycles. The first-order chi connectivity index (χ1) is 34.9. The standard InChI is InChI=1S/C45H102N4O18P6/c1-13-56-68(50,57-14-2)43(69(51,58-15-3)59-16-4)31-25-28-34-46-37-40-49(41-38-47-35-29-26-32-44(70(52,60-17-5)61-18-6)71(53,62-19-7)63-20-8)42-39-48-36-30-27-33-45(72(54,64-21-9)65-22-10)73(55,66-23-11)67-24-12/h43-48H,13-42H2,1-12H3. The molecule has 0 aliphatic carbocycles. The van der Waals surface area contributed by atoms with Crippen LogP contribution in [0.1, 0.15) is 141 Å². The molecule has 0 atom stereocenters. The van der Waals surface area contributed by atoms with E-state index in [1.807, 2.05) is 0 Å². The molecule has 3 N–H and O–H groups in total. The smallest absolute Gasteiger partial charge is 0.315 e. The zero-order valence-electron chi connectivity index (χ0n) is 46.9. The van der Waals surface area contributed by atoms with E-state index in [4.69, 9.17) is 54.3 Å². The Kier molecular flexibility index (Phi) is 43.0. The van der Waals surface area contributed by atoms with Crippen LogP contribution >= 0.6 is 45.6 Å². The molecule has 28 heteroatoms. The first-order valence-electron chi connectivity index (χ1n) is 27.1. The minimum absolute atomic E-state index is 0.125. The normalized spacial score (nSPS) is 13.5. The topological polar surface area (TPSA) is 253 Å². The van der Waals surface area contributed by atoms with E-state index in [2.05, 4.69) is 20.9 Å². The van der Waals surface area contributed by atoms with Gasteiger partial charge in [0.25, 0.3) is 0 Å². The third-order valence-electron chi connectivity index (χ3n) is 10.9. The van der Waals surface area contributed by atoms with Gasteiger partial charge in [0.15, 0.2) is 16.2 Å². The van der Waals surface area contributed by atoms with E-state index < -0.39 is 61.8 Å². The van der Waals surface area contributed by atoms with Gasteiger partial charge < -0.3 is 70.2 Å². The van der Waals surface area contributed by atoms with E-state index >= 15 is 0 Å². The molecule has 0 aliphatic heterocycles. The van der Waals surface area contributed by atoms with Gasteiger partial charge in [-0.15, -0.1) is 0 Å². The lowest BCUT2D eigenvalue weighted by molar-refractivity contribution is 0.191. The molecule has 0 amide bonds. The molecule has 440 valence electrons. The van der Waals surface area contributed by atoms with E-state index in [9.17, 15) is 27.4 Å². The van der Waals surface area contributed by atoms with Gasteiger partial charge in [-0.05, 0) is 141 Å². The highest BCUT2D eigenvalue weighted by Gasteiger charge is 2.52. The van der Waals surface area contributed by atoms with Crippen molar-refractivity contribution in [1.29, 1.82) is 0 Å². The molecule has 0 aromatic carbocycles. The average molecular weight is 1170 g/mol. The fourth-order valence-electron chi connectivity index (χ4n) is 8.04. The minimum atomic E-state index is -3.82. The van der Waals surface area contributed by atoms with Gasteiger partial charge in [-0.25, -0.2) is 0 Å². The molecule has 0 aliphatic rings. The Hall–Kier alpha value is 0.740. The summed E-state index contributed by atoms with van der Waals surface area (Å²) in [6.45, 7) is 28.4. The number of unbranched alkanes of at least 4 members (excludes halogenated alkanes) is 3. The SMILES string of the molecule is CCOP(=O)(OCC)C(CCCCNCCN(CCNCCCCC(P(=O)(OCC)OCC)P(=O)(OCC)OCC)CCNCCCCC(P(=O)(OCC)OCC)P(=O)(OCC)OCC)P(=O)(OCC)OCC. The Morgan fingerprint density at radius 1 is 0.274 bits per heavy atom. The van der Waals surface area contributed by atoms with Gasteiger partial charge in [-0.3, -0.25) is 32.3 Å². The van der Waals surface area contributed by atoms with E-state index in [1.54, 1.807) is 83.1 Å². The summed E-state index contributed by atoms with van der Waals surface area (Å²) < 4.78 is 151. The molecular formula is C45H102N4O18P6. The van der Waals surface area contributed by atoms with E-state index in [0.717, 1.165) is 19.6 Å². The van der Waals surface area contributed by atoms with Crippen molar-refractivity contribution in [2.45, 2.75) is 157 Å². The maximum Gasteiger partial charge on any atom is 0.345 e. The van der Waals surface area contributed by atoms with Crippen molar-refractivity contribution in [2.24, 2.45) is 0 Å². The third kappa shape index (κ3) is 27.6. The van der Waals surface area contributed by atoms with Crippen LogP contribution in [0.5, 0.6) is 0 Å². The van der Waals surface area contributed by atoms with Gasteiger partial charge in [0.2, 0.25) is 0 Å². The zero-order valence-corrected chi connectivity index (χ0v) is 52.3. The molecule has 0 heterocycles. The lowest BCUT2D eigenvalue weighted by Crippen LogP contribution is -2.41. The van der Waals surface area contributed by atoms with Crippen LogP contribution in [0.3, 0.4) is 0 Å². The number of hydrogen-bond acceptors (Lipinski definition) is 22. The van der Waals surface area contributed by atoms with Gasteiger partial charge >= 0.3 is 45.6 Å². The predicted octanol–water partition coefficient (Wildman–Crippen LogP) is 12.1. The maximum atomic E-state index is 14.0. The lowest BCUT2D eigenvalue weighted by Gasteiger charge is -2.31. The molecule has 0 unspecified atom stereocenters. The number of nitrogens with one attached hydrogen (secondary N) is 3. The van der Waals surface area contributed by atoms with E-state index in [-0.39, 0.29) is 98.5 Å². The zero-order chi connectivity index (χ0) is 55.1. The maximum absolute atomic E-state index is 14.0. The van der Waals surface area contributed by atoms with Crippen molar-refractivity contribution in [1.82, 2.24) is 20.9 Å². The highest BCUT2D eigenvalue weighted by Crippen LogP contribution is 2.74. The largest absolute Gasteiger partial charge is 0.345 e. The quantitative estimate of drug-likeness (QED) is 0.0378. The summed E-state index contributed by atoms with van der Waals surface area (Å²) in [5, 5.41) is 7.44. The Bertz CT molecular complexity index is 1340. The van der Waals surface area contributed by atoms with Crippen molar-refractivity contribution >= 4 is 45.6 Å². The monoisotopic (exact) mass is 1170 g/mol. The average Bonchev–Trinajstić information content (AvgIpc) is 3.31. The molecule has 0 rings (SSSR count). The molecule has 0 saturated heterocycles. The van der Waals surface area contributed by atoms with E-state index in [1.165, 1.54) is 0 Å². The van der Waals surface area contributed by atoms with Gasteiger partial charge in [-0.2, -0.15) is 0 Å². The number of hydrogen-bond donors (Lipinski definition) is 3. The predicted molar refractivity (Wildman–Crippen MR) is 293 cm³/mol. The van der Waals surface area contributed by atoms with Crippen LogP contribution in [0, 0.1) is 0 Å². The molecular weight excluding hydrogens is 1070 g/mol. The summed E-state index contributed by atoms with van der Waals surface area (Å²) in [6, 6.07) is 0. The highest BCUT2D eigenvalue weighted by atomic mass is 31.3. The second kappa shape index (κ2) is 42.6. The molecule has 0 spiro atoms. The Morgan fingerprint density at radius 2 is 0.438 bits per heavy atom. The van der Waals surface area contributed by atoms with Crippen LogP contribution < -0.4 is 16.0 Å². The second-order valence-corrected chi connectivity index (χ2v) is 30.8. The van der Waals surface area contributed by atoms with Crippen LogP contribution in [0.2, 0.25) is 0 Å². The summed E-state index contributed by atoms with van der Waals surface area (Å²) in [7, 11) is -22.9. The molecule has 0 bridgehead atoms. The first-order valence-corrected chi connectivity index (χ1v) is 36.8. The molecule has 0 radical (unpaired) electrons. The third-order valence-corrected chi connectivity index (χ3v) is 29.3. The van der Waals surface area contributed by atoms with E-state index in [0.29, 0.717) is 77.8 Å². The first kappa shape index (κ1) is 73.7. The minimum Gasteiger partial charge on any atom is -0.315 e. The summed E-state index contributed by atoms with van der Waals surface area (Å²) in [5.74, 6) is 0. The molecule has 22 nitrogen and oxygen atoms in total. The second-order valence-electron chi connectivity index (χ2n) is 16.3. The fourth-order valence-corrected chi connectivity index (χ4v) is 24.4. The van der Waals surface area contributed by atoms with Gasteiger partial charge in [0.1, 0.15) is 0 Å². The highest BCUT2D eigenvalue weighted by molar-refractivity contribution is 7.73. The van der Waals surface area contributed by atoms with Gasteiger partial charge in [0, 0.05) is 39.3 Å². The van der Waals surface area contributed by atoms with Crippen LogP contribution in [0.25, 0.3) is 0 Å². The number of rotatable bonds is 54. The Balaban J connectivity index is 5.85. The lowest BCUT2D eigenvalue weighted by atomic mass is 10.2. The van der Waals surface area contributed by atoms with Crippen molar-refractivity contribution in [3.63, 3.8) is 0 Å². The summed E-state index contributed by atoms with van der Waals surface area (Å²) in [5.41, 5.74) is 0. The molecule has 0 aromatic heterocycles. The van der Waals surface area contributed by atoms with Gasteiger partial charge in [-0.1, -0.05) is 19.3 Å². The van der Waals surface area contributed by atoms with Crippen molar-refractivity contribution in [3.8, 4) is 0 Å². The van der Waals surface area contributed by atoms with Crippen molar-refractivity contribution in [2.75, 3.05) is 138 Å². The number of nitrogens with zero attached hydrogens (tertiary/aromatic N) is 1. The van der Waals surface area contributed by atoms with Crippen molar-refractivity contribution in [3.05, 3.63) is 0 Å². The summed E-state index contributed by atoms with van der Waals surface area (Å²) in [6.07, 6.45) is 4.69. The van der Waals surface area contributed by atoms with Crippen LogP contribution in [0.15, 0.2) is 0 Å².